The van der Waals surface area contributed by atoms with Gasteiger partial charge in [-0.05, 0) is 65.3 Å². The van der Waals surface area contributed by atoms with Gasteiger partial charge in [-0.1, -0.05) is 128 Å². The van der Waals surface area contributed by atoms with E-state index >= 15 is 0 Å². The number of aryl methyl sites for hydroxylation is 1. The van der Waals surface area contributed by atoms with Crippen LogP contribution in [-0.4, -0.2) is 0 Å². The molecular weight excluding hydrogens is 384 g/mol. The lowest BCUT2D eigenvalue weighted by molar-refractivity contribution is 0.346. The SMILES string of the molecule is C=C(CCc1ccccc1)c1ccccc1.c1ccc(C2CCC2c2ccccc2)cc1. The van der Waals surface area contributed by atoms with Crippen LogP contribution in [0.15, 0.2) is 128 Å². The third-order valence-electron chi connectivity index (χ3n) is 6.47. The molecule has 0 bridgehead atoms. The summed E-state index contributed by atoms with van der Waals surface area (Å²) in [7, 11) is 0. The topological polar surface area (TPSA) is 0 Å². The summed E-state index contributed by atoms with van der Waals surface area (Å²) in [6.07, 6.45) is 4.76. The number of hydrogen-bond acceptors (Lipinski definition) is 0. The first-order valence-corrected chi connectivity index (χ1v) is 11.7. The molecule has 0 heteroatoms. The lowest BCUT2D eigenvalue weighted by Gasteiger charge is -2.37. The molecule has 0 aliphatic heterocycles. The average molecular weight is 417 g/mol. The van der Waals surface area contributed by atoms with Crippen molar-refractivity contribution in [3.8, 4) is 0 Å². The van der Waals surface area contributed by atoms with Crippen LogP contribution in [0.3, 0.4) is 0 Å². The predicted octanol–water partition coefficient (Wildman–Crippen LogP) is 8.68. The van der Waals surface area contributed by atoms with Gasteiger partial charge >= 0.3 is 0 Å². The number of benzene rings is 4. The zero-order valence-corrected chi connectivity index (χ0v) is 18.7. The van der Waals surface area contributed by atoms with Crippen molar-refractivity contribution in [2.45, 2.75) is 37.5 Å². The Bertz CT molecular complexity index is 1020. The third kappa shape index (κ3) is 5.86. The van der Waals surface area contributed by atoms with Gasteiger partial charge in [0.15, 0.2) is 0 Å². The van der Waals surface area contributed by atoms with Crippen LogP contribution in [0.1, 0.15) is 53.4 Å². The second kappa shape index (κ2) is 11.3. The summed E-state index contributed by atoms with van der Waals surface area (Å²) in [4.78, 5) is 0. The van der Waals surface area contributed by atoms with Gasteiger partial charge in [0.05, 0.1) is 0 Å². The zero-order valence-electron chi connectivity index (χ0n) is 18.7. The fraction of sp³-hybridized carbons (Fsp3) is 0.188. The molecule has 0 heterocycles. The third-order valence-corrected chi connectivity index (χ3v) is 6.47. The molecule has 1 aliphatic rings. The van der Waals surface area contributed by atoms with Crippen LogP contribution in [-0.2, 0) is 6.42 Å². The maximum Gasteiger partial charge on any atom is -0.00929 e. The van der Waals surface area contributed by atoms with Gasteiger partial charge in [-0.2, -0.15) is 0 Å². The monoisotopic (exact) mass is 416 g/mol. The second-order valence-electron chi connectivity index (χ2n) is 8.57. The molecule has 0 amide bonds. The van der Waals surface area contributed by atoms with Crippen molar-refractivity contribution in [2.24, 2.45) is 0 Å². The molecule has 2 unspecified atom stereocenters. The van der Waals surface area contributed by atoms with E-state index in [0.717, 1.165) is 24.7 Å². The first kappa shape index (κ1) is 21.8. The van der Waals surface area contributed by atoms with E-state index in [2.05, 4.69) is 122 Å². The molecule has 0 nitrogen and oxygen atoms in total. The molecule has 0 N–H and O–H groups in total. The van der Waals surface area contributed by atoms with Crippen LogP contribution < -0.4 is 0 Å². The average Bonchev–Trinajstić information content (AvgIpc) is 2.85. The number of allylic oxidation sites excluding steroid dienone is 1. The highest BCUT2D eigenvalue weighted by Crippen LogP contribution is 2.48. The highest BCUT2D eigenvalue weighted by atomic mass is 14.4. The predicted molar refractivity (Wildman–Crippen MR) is 138 cm³/mol. The molecule has 4 aromatic carbocycles. The van der Waals surface area contributed by atoms with E-state index in [1.165, 1.54) is 40.7 Å². The van der Waals surface area contributed by atoms with Gasteiger partial charge in [0.2, 0.25) is 0 Å². The van der Waals surface area contributed by atoms with Crippen molar-refractivity contribution in [1.29, 1.82) is 0 Å². The molecule has 4 aromatic rings. The van der Waals surface area contributed by atoms with E-state index in [-0.39, 0.29) is 0 Å². The van der Waals surface area contributed by atoms with Crippen LogP contribution in [0.2, 0.25) is 0 Å². The Morgan fingerprint density at radius 3 is 1.41 bits per heavy atom. The van der Waals surface area contributed by atoms with E-state index in [4.69, 9.17) is 0 Å². The Morgan fingerprint density at radius 2 is 0.969 bits per heavy atom. The van der Waals surface area contributed by atoms with Gasteiger partial charge in [-0.25, -0.2) is 0 Å². The molecular formula is C32H32. The molecule has 160 valence electrons. The van der Waals surface area contributed by atoms with Crippen molar-refractivity contribution in [3.63, 3.8) is 0 Å². The van der Waals surface area contributed by atoms with Crippen LogP contribution in [0.25, 0.3) is 5.57 Å². The van der Waals surface area contributed by atoms with Crippen molar-refractivity contribution >= 4 is 5.57 Å². The summed E-state index contributed by atoms with van der Waals surface area (Å²) in [6.45, 7) is 4.14. The summed E-state index contributed by atoms with van der Waals surface area (Å²) in [5.74, 6) is 1.48. The Labute approximate surface area is 193 Å². The molecule has 0 aromatic heterocycles. The van der Waals surface area contributed by atoms with Crippen LogP contribution in [0.4, 0.5) is 0 Å². The van der Waals surface area contributed by atoms with Crippen LogP contribution in [0.5, 0.6) is 0 Å². The normalized spacial score (nSPS) is 16.9. The Hall–Kier alpha value is -3.38. The fourth-order valence-electron chi connectivity index (χ4n) is 4.46. The van der Waals surface area contributed by atoms with Gasteiger partial charge in [-0.15, -0.1) is 0 Å². The lowest BCUT2D eigenvalue weighted by Crippen LogP contribution is -2.21. The van der Waals surface area contributed by atoms with Crippen molar-refractivity contribution in [1.82, 2.24) is 0 Å². The largest absolute Gasteiger partial charge is 0.0952 e. The highest BCUT2D eigenvalue weighted by Gasteiger charge is 2.32. The van der Waals surface area contributed by atoms with Gasteiger partial charge in [0.25, 0.3) is 0 Å². The molecule has 0 saturated heterocycles. The Kier molecular flexibility index (Phi) is 7.71. The molecule has 2 atom stereocenters. The lowest BCUT2D eigenvalue weighted by atomic mass is 9.67. The highest BCUT2D eigenvalue weighted by molar-refractivity contribution is 5.63. The summed E-state index contributed by atoms with van der Waals surface area (Å²) >= 11 is 0. The maximum absolute atomic E-state index is 4.14. The van der Waals surface area contributed by atoms with Gasteiger partial charge in [0.1, 0.15) is 0 Å². The Morgan fingerprint density at radius 1 is 0.562 bits per heavy atom. The van der Waals surface area contributed by atoms with E-state index in [1.807, 2.05) is 6.07 Å². The van der Waals surface area contributed by atoms with Crippen molar-refractivity contribution in [2.75, 3.05) is 0 Å². The van der Waals surface area contributed by atoms with Gasteiger partial charge in [-0.3, -0.25) is 0 Å². The molecule has 1 fully saturated rings. The molecule has 0 radical (unpaired) electrons. The van der Waals surface area contributed by atoms with E-state index in [9.17, 15) is 0 Å². The van der Waals surface area contributed by atoms with E-state index in [0.29, 0.717) is 0 Å². The molecule has 0 spiro atoms. The molecule has 32 heavy (non-hydrogen) atoms. The number of rotatable bonds is 6. The minimum Gasteiger partial charge on any atom is -0.0952 e. The second-order valence-corrected chi connectivity index (χ2v) is 8.57. The fourth-order valence-corrected chi connectivity index (χ4v) is 4.46. The van der Waals surface area contributed by atoms with Crippen molar-refractivity contribution < 1.29 is 0 Å². The van der Waals surface area contributed by atoms with E-state index < -0.39 is 0 Å². The summed E-state index contributed by atoms with van der Waals surface area (Å²) in [5, 5.41) is 0. The maximum atomic E-state index is 4.14. The minimum atomic E-state index is 0.739. The zero-order chi connectivity index (χ0) is 22.0. The number of hydrogen-bond donors (Lipinski definition) is 0. The molecule has 5 rings (SSSR count). The van der Waals surface area contributed by atoms with E-state index in [1.54, 1.807) is 0 Å². The van der Waals surface area contributed by atoms with Crippen molar-refractivity contribution in [3.05, 3.63) is 150 Å². The summed E-state index contributed by atoms with van der Waals surface area (Å²) < 4.78 is 0. The van der Waals surface area contributed by atoms with Crippen LogP contribution >= 0.6 is 0 Å². The Balaban J connectivity index is 0.000000153. The first-order chi connectivity index (χ1) is 15.8. The van der Waals surface area contributed by atoms with Gasteiger partial charge in [0, 0.05) is 0 Å². The standard InChI is InChI=1S/2C16H16/c1-3-7-13(8-4-1)15-11-12-16(15)14-9-5-2-6-10-14;1-14(16-10-6-3-7-11-16)12-13-15-8-4-2-5-9-15/h1-10,15-16H,11-12H2;2-11H,1,12-13H2. The summed E-state index contributed by atoms with van der Waals surface area (Å²) in [6, 6.07) is 42.8. The first-order valence-electron chi connectivity index (χ1n) is 11.7. The minimum absolute atomic E-state index is 0.739. The van der Waals surface area contributed by atoms with Crippen LogP contribution in [0, 0.1) is 0 Å². The summed E-state index contributed by atoms with van der Waals surface area (Å²) in [5.41, 5.74) is 6.84. The molecule has 1 saturated carbocycles. The smallest absolute Gasteiger partial charge is 0.00929 e. The molecule has 1 aliphatic carbocycles. The van der Waals surface area contributed by atoms with Gasteiger partial charge < -0.3 is 0 Å². The quantitative estimate of drug-likeness (QED) is 0.295.